The molecule has 5 heteroatoms. The molecule has 1 heterocycles. The van der Waals surface area contributed by atoms with Crippen LogP contribution in [-0.2, 0) is 6.42 Å². The van der Waals surface area contributed by atoms with Gasteiger partial charge in [-0.1, -0.05) is 13.3 Å². The molecule has 0 amide bonds. The van der Waals surface area contributed by atoms with E-state index < -0.39 is 4.92 Å². The predicted octanol–water partition coefficient (Wildman–Crippen LogP) is 3.25. The van der Waals surface area contributed by atoms with Gasteiger partial charge in [-0.05, 0) is 19.4 Å². The van der Waals surface area contributed by atoms with Crippen molar-refractivity contribution in [2.75, 3.05) is 0 Å². The molecule has 1 aromatic rings. The van der Waals surface area contributed by atoms with E-state index in [1.165, 1.54) is 6.07 Å². The van der Waals surface area contributed by atoms with Gasteiger partial charge in [0.2, 0.25) is 0 Å². The van der Waals surface area contributed by atoms with Crippen LogP contribution in [0.2, 0.25) is 0 Å². The number of hydrogen-bond acceptors (Lipinski definition) is 3. The zero-order valence-electron chi connectivity index (χ0n) is 9.44. The Morgan fingerprint density at radius 2 is 2.25 bits per heavy atom. The lowest BCUT2D eigenvalue weighted by atomic mass is 10.1. The van der Waals surface area contributed by atoms with E-state index in [0.717, 1.165) is 18.5 Å². The van der Waals surface area contributed by atoms with Crippen LogP contribution in [0.4, 0.5) is 5.69 Å². The van der Waals surface area contributed by atoms with Crippen molar-refractivity contribution in [2.24, 2.45) is 0 Å². The van der Waals surface area contributed by atoms with Crippen LogP contribution < -0.4 is 0 Å². The van der Waals surface area contributed by atoms with Crippen LogP contribution in [0.1, 0.15) is 31.2 Å². The first kappa shape index (κ1) is 12.9. The van der Waals surface area contributed by atoms with Gasteiger partial charge in [0.25, 0.3) is 5.69 Å². The molecule has 16 heavy (non-hydrogen) atoms. The number of hydrogen-bond donors (Lipinski definition) is 0. The Balaban J connectivity index is 2.92. The van der Waals surface area contributed by atoms with Gasteiger partial charge < -0.3 is 0 Å². The first-order valence-corrected chi connectivity index (χ1v) is 5.73. The zero-order valence-corrected chi connectivity index (χ0v) is 10.2. The molecule has 0 bridgehead atoms. The smallest absolute Gasteiger partial charge is 0.258 e. The molecular formula is C11H15ClN2O2. The highest BCUT2D eigenvalue weighted by Gasteiger charge is 2.17. The monoisotopic (exact) mass is 242 g/mol. The molecule has 0 radical (unpaired) electrons. The van der Waals surface area contributed by atoms with Gasteiger partial charge in [0.15, 0.2) is 0 Å². The molecule has 4 nitrogen and oxygen atoms in total. The lowest BCUT2D eigenvalue weighted by Crippen LogP contribution is -2.08. The number of nitrogens with zero attached hydrogens (tertiary/aromatic N) is 2. The van der Waals surface area contributed by atoms with Crippen LogP contribution >= 0.6 is 11.6 Å². The van der Waals surface area contributed by atoms with E-state index >= 15 is 0 Å². The largest absolute Gasteiger partial charge is 0.290 e. The molecule has 0 aliphatic carbocycles. The van der Waals surface area contributed by atoms with Crippen molar-refractivity contribution in [3.05, 3.63) is 33.6 Å². The van der Waals surface area contributed by atoms with Crippen molar-refractivity contribution in [1.82, 2.24) is 4.98 Å². The predicted molar refractivity (Wildman–Crippen MR) is 63.9 cm³/mol. The zero-order chi connectivity index (χ0) is 12.1. The second kappa shape index (κ2) is 5.80. The summed E-state index contributed by atoms with van der Waals surface area (Å²) in [5, 5.41) is 10.7. The number of pyridine rings is 1. The first-order valence-electron chi connectivity index (χ1n) is 5.29. The summed E-state index contributed by atoms with van der Waals surface area (Å²) in [5.74, 6) is 0. The summed E-state index contributed by atoms with van der Waals surface area (Å²) in [4.78, 5) is 14.6. The van der Waals surface area contributed by atoms with Gasteiger partial charge >= 0.3 is 0 Å². The molecule has 0 aromatic carbocycles. The van der Waals surface area contributed by atoms with E-state index in [4.69, 9.17) is 11.6 Å². The molecule has 0 saturated carbocycles. The first-order chi connectivity index (χ1) is 7.54. The molecule has 0 N–H and O–H groups in total. The van der Waals surface area contributed by atoms with Crippen LogP contribution in [-0.4, -0.2) is 15.3 Å². The highest BCUT2D eigenvalue weighted by Crippen LogP contribution is 2.21. The second-order valence-corrected chi connectivity index (χ2v) is 4.38. The minimum absolute atomic E-state index is 0.0624. The Bertz CT molecular complexity index is 382. The molecule has 1 unspecified atom stereocenters. The highest BCUT2D eigenvalue weighted by atomic mass is 35.5. The van der Waals surface area contributed by atoms with E-state index in [2.05, 4.69) is 4.98 Å². The lowest BCUT2D eigenvalue weighted by molar-refractivity contribution is -0.385. The average Bonchev–Trinajstić information content (AvgIpc) is 2.17. The van der Waals surface area contributed by atoms with Gasteiger partial charge in [0.05, 0.1) is 4.92 Å². The van der Waals surface area contributed by atoms with Gasteiger partial charge in [-0.3, -0.25) is 15.1 Å². The number of alkyl halides is 1. The molecule has 1 atom stereocenters. The lowest BCUT2D eigenvalue weighted by Gasteiger charge is -2.08. The second-order valence-electron chi connectivity index (χ2n) is 3.77. The number of halogens is 1. The fourth-order valence-electron chi connectivity index (χ4n) is 1.54. The van der Waals surface area contributed by atoms with E-state index in [1.54, 1.807) is 6.07 Å². The maximum absolute atomic E-state index is 10.8. The molecule has 0 fully saturated rings. The van der Waals surface area contributed by atoms with Crippen LogP contribution in [0, 0.1) is 17.0 Å². The fraction of sp³-hybridized carbons (Fsp3) is 0.545. The molecule has 0 aliphatic heterocycles. The van der Waals surface area contributed by atoms with Crippen LogP contribution in [0.15, 0.2) is 12.1 Å². The molecule has 0 saturated heterocycles. The highest BCUT2D eigenvalue weighted by molar-refractivity contribution is 6.20. The number of aromatic nitrogens is 1. The van der Waals surface area contributed by atoms with E-state index in [9.17, 15) is 10.1 Å². The quantitative estimate of drug-likeness (QED) is 0.452. The average molecular weight is 243 g/mol. The van der Waals surface area contributed by atoms with Gasteiger partial charge in [-0.25, -0.2) is 0 Å². The summed E-state index contributed by atoms with van der Waals surface area (Å²) in [7, 11) is 0. The Hall–Kier alpha value is -1.16. The summed E-state index contributed by atoms with van der Waals surface area (Å²) in [5.41, 5.74) is 1.33. The maximum atomic E-state index is 10.8. The summed E-state index contributed by atoms with van der Waals surface area (Å²) < 4.78 is 0. The van der Waals surface area contributed by atoms with Crippen molar-refractivity contribution in [2.45, 2.75) is 38.5 Å². The molecular weight excluding hydrogens is 228 g/mol. The van der Waals surface area contributed by atoms with Gasteiger partial charge in [-0.15, -0.1) is 11.6 Å². The number of aryl methyl sites for hydroxylation is 1. The minimum atomic E-state index is -0.405. The maximum Gasteiger partial charge on any atom is 0.290 e. The van der Waals surface area contributed by atoms with E-state index in [0.29, 0.717) is 12.1 Å². The molecule has 0 spiro atoms. The topological polar surface area (TPSA) is 56.0 Å². The normalized spacial score (nSPS) is 12.4. The van der Waals surface area contributed by atoms with Crippen molar-refractivity contribution >= 4 is 17.3 Å². The third kappa shape index (κ3) is 3.45. The van der Waals surface area contributed by atoms with E-state index in [-0.39, 0.29) is 11.1 Å². The Morgan fingerprint density at radius 1 is 1.56 bits per heavy atom. The van der Waals surface area contributed by atoms with Gasteiger partial charge in [0.1, 0.15) is 5.69 Å². The van der Waals surface area contributed by atoms with Crippen molar-refractivity contribution in [3.63, 3.8) is 0 Å². The summed E-state index contributed by atoms with van der Waals surface area (Å²) >= 11 is 6.08. The standard InChI is InChI=1S/C11H15ClN2O2/c1-3-4-9(12)7-10-11(14(15)16)6-5-8(2)13-10/h5-6,9H,3-4,7H2,1-2H3. The summed E-state index contributed by atoms with van der Waals surface area (Å²) in [6.45, 7) is 3.85. The third-order valence-electron chi connectivity index (χ3n) is 2.30. The van der Waals surface area contributed by atoms with Gasteiger partial charge in [0, 0.05) is 23.6 Å². The van der Waals surface area contributed by atoms with Crippen molar-refractivity contribution in [1.29, 1.82) is 0 Å². The Labute approximate surface area is 99.8 Å². The molecule has 0 aliphatic rings. The number of rotatable bonds is 5. The van der Waals surface area contributed by atoms with Crippen LogP contribution in [0.3, 0.4) is 0 Å². The third-order valence-corrected chi connectivity index (χ3v) is 2.68. The van der Waals surface area contributed by atoms with Crippen LogP contribution in [0.5, 0.6) is 0 Å². The number of nitro groups is 1. The van der Waals surface area contributed by atoms with Gasteiger partial charge in [-0.2, -0.15) is 0 Å². The fourth-order valence-corrected chi connectivity index (χ4v) is 1.91. The SMILES string of the molecule is CCCC(Cl)Cc1nc(C)ccc1[N+](=O)[O-]. The van der Waals surface area contributed by atoms with Crippen molar-refractivity contribution < 1.29 is 4.92 Å². The molecule has 1 rings (SSSR count). The van der Waals surface area contributed by atoms with E-state index in [1.807, 2.05) is 13.8 Å². The molecule has 1 aromatic heterocycles. The van der Waals surface area contributed by atoms with Crippen LogP contribution in [0.25, 0.3) is 0 Å². The molecule has 88 valence electrons. The van der Waals surface area contributed by atoms with Crippen molar-refractivity contribution in [3.8, 4) is 0 Å². The summed E-state index contributed by atoms with van der Waals surface area (Å²) in [6, 6.07) is 3.14. The Morgan fingerprint density at radius 3 is 2.81 bits per heavy atom. The Kier molecular flexibility index (Phi) is 4.68. The minimum Gasteiger partial charge on any atom is -0.258 e. The summed E-state index contributed by atoms with van der Waals surface area (Å²) in [6.07, 6.45) is 2.26.